The molecule has 0 fully saturated rings. The van der Waals surface area contributed by atoms with E-state index in [0.29, 0.717) is 0 Å². The molecule has 0 saturated carbocycles. The molecule has 0 radical (unpaired) electrons. The molecule has 74 valence electrons. The van der Waals surface area contributed by atoms with Crippen LogP contribution in [0.25, 0.3) is 0 Å². The van der Waals surface area contributed by atoms with Crippen molar-refractivity contribution in [2.24, 2.45) is 5.73 Å². The average Bonchev–Trinajstić information content (AvgIpc) is 2.04. The molecular formula is C8H12NNaO3S. The molecule has 0 bridgehead atoms. The van der Waals surface area contributed by atoms with E-state index in [1.54, 1.807) is 18.2 Å². The second kappa shape index (κ2) is 5.85. The summed E-state index contributed by atoms with van der Waals surface area (Å²) in [5.74, 6) is 0. The van der Waals surface area contributed by atoms with Crippen LogP contribution in [0.2, 0.25) is 0 Å². The van der Waals surface area contributed by atoms with Gasteiger partial charge in [0.2, 0.25) is 0 Å². The van der Waals surface area contributed by atoms with E-state index in [9.17, 15) is 8.42 Å². The summed E-state index contributed by atoms with van der Waals surface area (Å²) in [4.78, 5) is 0.118. The molecule has 0 spiro atoms. The monoisotopic (exact) mass is 225 g/mol. The Morgan fingerprint density at radius 3 is 2.21 bits per heavy atom. The van der Waals surface area contributed by atoms with Crippen molar-refractivity contribution in [1.29, 1.82) is 0 Å². The third-order valence-corrected chi connectivity index (χ3v) is 2.72. The van der Waals surface area contributed by atoms with Crippen LogP contribution in [0.3, 0.4) is 0 Å². The molecule has 1 aromatic rings. The predicted octanol–water partition coefficient (Wildman–Crippen LogP) is 0.0481. The van der Waals surface area contributed by atoms with Gasteiger partial charge in [0, 0.05) is 0 Å². The fraction of sp³-hybridized carbons (Fsp3) is 0.250. The molecule has 0 heterocycles. The van der Waals surface area contributed by atoms with E-state index in [2.05, 4.69) is 4.18 Å². The van der Waals surface area contributed by atoms with Crippen molar-refractivity contribution in [2.75, 3.05) is 0 Å². The van der Waals surface area contributed by atoms with Crippen molar-refractivity contribution in [3.8, 4) is 0 Å². The van der Waals surface area contributed by atoms with Crippen molar-refractivity contribution in [2.45, 2.75) is 18.0 Å². The molecule has 0 aliphatic heterocycles. The summed E-state index contributed by atoms with van der Waals surface area (Å²) in [5.41, 5.74) is 5.21. The number of benzene rings is 1. The zero-order valence-electron chi connectivity index (χ0n) is 7.17. The van der Waals surface area contributed by atoms with E-state index in [0.717, 1.165) is 0 Å². The van der Waals surface area contributed by atoms with Gasteiger partial charge in [-0.1, -0.05) is 18.2 Å². The van der Waals surface area contributed by atoms with Gasteiger partial charge in [-0.25, -0.2) is 4.18 Å². The van der Waals surface area contributed by atoms with Gasteiger partial charge >= 0.3 is 29.6 Å². The fourth-order valence-electron chi connectivity index (χ4n) is 0.843. The van der Waals surface area contributed by atoms with Crippen LogP contribution in [0, 0.1) is 0 Å². The van der Waals surface area contributed by atoms with Crippen LogP contribution in [0.1, 0.15) is 6.92 Å². The average molecular weight is 225 g/mol. The Hall–Kier alpha value is 0.0900. The van der Waals surface area contributed by atoms with E-state index >= 15 is 0 Å². The zero-order valence-corrected chi connectivity index (χ0v) is 7.99. The van der Waals surface area contributed by atoms with Crippen LogP contribution in [0.15, 0.2) is 35.2 Å². The van der Waals surface area contributed by atoms with Gasteiger partial charge in [-0.05, 0) is 19.1 Å². The van der Waals surface area contributed by atoms with Crippen LogP contribution < -0.4 is 5.73 Å². The van der Waals surface area contributed by atoms with Crippen molar-refractivity contribution in [3.63, 3.8) is 0 Å². The molecule has 1 unspecified atom stereocenters. The van der Waals surface area contributed by atoms with E-state index in [1.807, 2.05) is 0 Å². The molecule has 2 N–H and O–H groups in total. The first-order valence-electron chi connectivity index (χ1n) is 3.76. The van der Waals surface area contributed by atoms with Crippen LogP contribution in [0.5, 0.6) is 0 Å². The maximum atomic E-state index is 11.3. The summed E-state index contributed by atoms with van der Waals surface area (Å²) < 4.78 is 27.3. The second-order valence-electron chi connectivity index (χ2n) is 2.57. The van der Waals surface area contributed by atoms with Gasteiger partial charge in [0.15, 0.2) is 0 Å². The SMILES string of the molecule is CC(N)OS(=O)(=O)c1ccccc1.[NaH]. The van der Waals surface area contributed by atoms with Gasteiger partial charge in [-0.15, -0.1) is 0 Å². The maximum absolute atomic E-state index is 11.3. The van der Waals surface area contributed by atoms with Gasteiger partial charge in [0.05, 0.1) is 4.90 Å². The minimum absolute atomic E-state index is 0. The van der Waals surface area contributed by atoms with Crippen molar-refractivity contribution in [3.05, 3.63) is 30.3 Å². The molecule has 0 aliphatic rings. The summed E-state index contributed by atoms with van der Waals surface area (Å²) in [7, 11) is -3.68. The topological polar surface area (TPSA) is 69.4 Å². The van der Waals surface area contributed by atoms with Crippen LogP contribution >= 0.6 is 0 Å². The third kappa shape index (κ3) is 4.08. The molecular weight excluding hydrogens is 213 g/mol. The summed E-state index contributed by atoms with van der Waals surface area (Å²) in [5, 5.41) is 0. The molecule has 14 heavy (non-hydrogen) atoms. The van der Waals surface area contributed by atoms with E-state index in [-0.39, 0.29) is 34.5 Å². The van der Waals surface area contributed by atoms with E-state index in [1.165, 1.54) is 19.1 Å². The molecule has 1 rings (SSSR count). The molecule has 1 atom stereocenters. The summed E-state index contributed by atoms with van der Waals surface area (Å²) in [6.07, 6.45) is -0.829. The first-order chi connectivity index (χ1) is 6.02. The van der Waals surface area contributed by atoms with Crippen LogP contribution in [0.4, 0.5) is 0 Å². The number of hydrogen-bond donors (Lipinski definition) is 1. The standard InChI is InChI=1S/C8H11NO3S.Na.H/c1-7(9)12-13(10,11)8-5-3-2-4-6-8;;/h2-7H,9H2,1H3;;. The number of hydrogen-bond acceptors (Lipinski definition) is 4. The van der Waals surface area contributed by atoms with Crippen molar-refractivity contribution in [1.82, 2.24) is 0 Å². The van der Waals surface area contributed by atoms with Gasteiger partial charge in [0.1, 0.15) is 6.23 Å². The fourth-order valence-corrected chi connectivity index (χ4v) is 1.84. The third-order valence-electron chi connectivity index (χ3n) is 1.31. The molecule has 4 nitrogen and oxygen atoms in total. The first kappa shape index (κ1) is 14.1. The summed E-state index contributed by atoms with van der Waals surface area (Å²) in [6, 6.07) is 7.88. The number of rotatable bonds is 3. The van der Waals surface area contributed by atoms with Crippen molar-refractivity contribution < 1.29 is 12.6 Å². The minimum atomic E-state index is -3.68. The van der Waals surface area contributed by atoms with E-state index in [4.69, 9.17) is 5.73 Å². The molecule has 0 aliphatic carbocycles. The van der Waals surface area contributed by atoms with E-state index < -0.39 is 16.3 Å². The molecule has 0 amide bonds. The van der Waals surface area contributed by atoms with Gasteiger partial charge in [-0.3, -0.25) is 0 Å². The van der Waals surface area contributed by atoms with Crippen LogP contribution in [-0.4, -0.2) is 44.2 Å². The Labute approximate surface area is 106 Å². The van der Waals surface area contributed by atoms with Gasteiger partial charge in [0.25, 0.3) is 10.1 Å². The Morgan fingerprint density at radius 2 is 1.79 bits per heavy atom. The summed E-state index contributed by atoms with van der Waals surface area (Å²) in [6.45, 7) is 1.46. The Kier molecular flexibility index (Phi) is 5.88. The zero-order chi connectivity index (χ0) is 9.90. The second-order valence-corrected chi connectivity index (χ2v) is 4.14. The van der Waals surface area contributed by atoms with Crippen LogP contribution in [-0.2, 0) is 14.3 Å². The van der Waals surface area contributed by atoms with Crippen molar-refractivity contribution >= 4 is 39.7 Å². The molecule has 0 aromatic heterocycles. The molecule has 1 aromatic carbocycles. The summed E-state index contributed by atoms with van der Waals surface area (Å²) >= 11 is 0. The first-order valence-corrected chi connectivity index (χ1v) is 5.17. The predicted molar refractivity (Wildman–Crippen MR) is 55.5 cm³/mol. The van der Waals surface area contributed by atoms with Gasteiger partial charge < -0.3 is 5.73 Å². The Balaban J connectivity index is 0.00000169. The molecule has 6 heteroatoms. The number of nitrogens with two attached hydrogens (primary N) is 1. The Bertz CT molecular complexity index is 363. The quantitative estimate of drug-likeness (QED) is 0.448. The molecule has 0 saturated heterocycles. The van der Waals surface area contributed by atoms with Gasteiger partial charge in [-0.2, -0.15) is 8.42 Å². The Morgan fingerprint density at radius 1 is 1.29 bits per heavy atom. The normalized spacial score (nSPS) is 13.0.